The Bertz CT molecular complexity index is 594. The second-order valence-corrected chi connectivity index (χ2v) is 5.84. The molecule has 0 unspecified atom stereocenters. The number of methoxy groups -OCH3 is 1. The van der Waals surface area contributed by atoms with E-state index >= 15 is 0 Å². The van der Waals surface area contributed by atoms with Crippen molar-refractivity contribution in [2.45, 2.75) is 39.8 Å². The molecule has 1 N–H and O–H groups in total. The molecule has 2 rings (SSSR count). The third-order valence-corrected chi connectivity index (χ3v) is 3.51. The molecule has 6 nitrogen and oxygen atoms in total. The largest absolute Gasteiger partial charge is 0.497 e. The molecule has 0 saturated carbocycles. The van der Waals surface area contributed by atoms with Crippen molar-refractivity contribution in [1.29, 1.82) is 0 Å². The van der Waals surface area contributed by atoms with Crippen molar-refractivity contribution in [1.82, 2.24) is 15.0 Å². The SMILES string of the molecule is COc1ccc(OCCCn2nnc(CO)c2CC(C)C)cc1. The summed E-state index contributed by atoms with van der Waals surface area (Å²) in [4.78, 5) is 0. The number of aryl methyl sites for hydroxylation is 1. The lowest BCUT2D eigenvalue weighted by molar-refractivity contribution is 0.274. The number of ether oxygens (including phenoxy) is 2. The summed E-state index contributed by atoms with van der Waals surface area (Å²) in [5.74, 6) is 2.13. The van der Waals surface area contributed by atoms with Gasteiger partial charge in [-0.15, -0.1) is 5.10 Å². The lowest BCUT2D eigenvalue weighted by Crippen LogP contribution is -2.11. The van der Waals surface area contributed by atoms with E-state index in [1.807, 2.05) is 28.9 Å². The van der Waals surface area contributed by atoms with Gasteiger partial charge in [0, 0.05) is 13.0 Å². The van der Waals surface area contributed by atoms with Crippen molar-refractivity contribution in [3.63, 3.8) is 0 Å². The van der Waals surface area contributed by atoms with Gasteiger partial charge in [0.05, 0.1) is 26.0 Å². The highest BCUT2D eigenvalue weighted by Crippen LogP contribution is 2.17. The molecular weight excluding hydrogens is 294 g/mol. The Kier molecular flexibility index (Phi) is 6.40. The van der Waals surface area contributed by atoms with Gasteiger partial charge in [-0.05, 0) is 36.6 Å². The number of aliphatic hydroxyl groups is 1. The van der Waals surface area contributed by atoms with E-state index < -0.39 is 0 Å². The highest BCUT2D eigenvalue weighted by Gasteiger charge is 2.13. The Labute approximate surface area is 137 Å². The summed E-state index contributed by atoms with van der Waals surface area (Å²) in [6.07, 6.45) is 1.69. The van der Waals surface area contributed by atoms with Crippen LogP contribution in [-0.2, 0) is 19.6 Å². The first-order chi connectivity index (χ1) is 11.1. The Morgan fingerprint density at radius 3 is 2.48 bits per heavy atom. The number of benzene rings is 1. The average Bonchev–Trinajstić information content (AvgIpc) is 2.93. The molecular formula is C17H25N3O3. The summed E-state index contributed by atoms with van der Waals surface area (Å²) in [6.45, 7) is 5.55. The lowest BCUT2D eigenvalue weighted by Gasteiger charge is -2.10. The van der Waals surface area contributed by atoms with Crippen LogP contribution in [0.2, 0.25) is 0 Å². The maximum atomic E-state index is 9.36. The number of hydrogen-bond donors (Lipinski definition) is 1. The normalized spacial score (nSPS) is 11.0. The monoisotopic (exact) mass is 319 g/mol. The van der Waals surface area contributed by atoms with Crippen molar-refractivity contribution in [3.05, 3.63) is 35.7 Å². The highest BCUT2D eigenvalue weighted by atomic mass is 16.5. The molecule has 1 heterocycles. The topological polar surface area (TPSA) is 69.4 Å². The van der Waals surface area contributed by atoms with Crippen LogP contribution < -0.4 is 9.47 Å². The smallest absolute Gasteiger partial charge is 0.119 e. The number of nitrogens with zero attached hydrogens (tertiary/aromatic N) is 3. The first-order valence-electron chi connectivity index (χ1n) is 7.93. The fourth-order valence-corrected chi connectivity index (χ4v) is 2.36. The third kappa shape index (κ3) is 4.96. The minimum absolute atomic E-state index is 0.0651. The zero-order valence-electron chi connectivity index (χ0n) is 14.0. The molecule has 0 aliphatic carbocycles. The lowest BCUT2D eigenvalue weighted by atomic mass is 10.1. The second-order valence-electron chi connectivity index (χ2n) is 5.84. The predicted molar refractivity (Wildman–Crippen MR) is 87.6 cm³/mol. The van der Waals surface area contributed by atoms with E-state index in [1.54, 1.807) is 7.11 Å². The van der Waals surface area contributed by atoms with Gasteiger partial charge >= 0.3 is 0 Å². The summed E-state index contributed by atoms with van der Waals surface area (Å²) in [5, 5.41) is 17.6. The van der Waals surface area contributed by atoms with E-state index in [9.17, 15) is 5.11 Å². The summed E-state index contributed by atoms with van der Waals surface area (Å²) in [7, 11) is 1.64. The van der Waals surface area contributed by atoms with Gasteiger partial charge in [-0.1, -0.05) is 19.1 Å². The summed E-state index contributed by atoms with van der Waals surface area (Å²) < 4.78 is 12.7. The molecule has 1 aromatic heterocycles. The summed E-state index contributed by atoms with van der Waals surface area (Å²) >= 11 is 0. The molecule has 23 heavy (non-hydrogen) atoms. The van der Waals surface area contributed by atoms with Gasteiger partial charge in [0.15, 0.2) is 0 Å². The minimum atomic E-state index is -0.0651. The number of aliphatic hydroxyl groups excluding tert-OH is 1. The van der Waals surface area contributed by atoms with Crippen molar-refractivity contribution in [2.75, 3.05) is 13.7 Å². The van der Waals surface area contributed by atoms with Crippen LogP contribution in [0.15, 0.2) is 24.3 Å². The van der Waals surface area contributed by atoms with Crippen LogP contribution >= 0.6 is 0 Å². The zero-order chi connectivity index (χ0) is 16.7. The molecule has 0 radical (unpaired) electrons. The van der Waals surface area contributed by atoms with Gasteiger partial charge in [-0.25, -0.2) is 4.68 Å². The Hall–Kier alpha value is -2.08. The molecule has 0 amide bonds. The maximum absolute atomic E-state index is 9.36. The molecule has 0 fully saturated rings. The molecule has 1 aromatic carbocycles. The van der Waals surface area contributed by atoms with Crippen LogP contribution in [0.25, 0.3) is 0 Å². The van der Waals surface area contributed by atoms with E-state index in [1.165, 1.54) is 0 Å². The van der Waals surface area contributed by atoms with Crippen LogP contribution in [0.1, 0.15) is 31.7 Å². The van der Waals surface area contributed by atoms with E-state index in [2.05, 4.69) is 24.2 Å². The molecule has 126 valence electrons. The van der Waals surface area contributed by atoms with Gasteiger partial charge in [-0.3, -0.25) is 0 Å². The molecule has 0 aliphatic heterocycles. The molecule has 0 atom stereocenters. The fourth-order valence-electron chi connectivity index (χ4n) is 2.36. The summed E-state index contributed by atoms with van der Waals surface area (Å²) in [6, 6.07) is 7.53. The van der Waals surface area contributed by atoms with E-state index in [0.29, 0.717) is 18.2 Å². The van der Waals surface area contributed by atoms with Gasteiger partial charge in [0.25, 0.3) is 0 Å². The van der Waals surface area contributed by atoms with E-state index in [-0.39, 0.29) is 6.61 Å². The molecule has 2 aromatic rings. The van der Waals surface area contributed by atoms with Crippen LogP contribution in [0.3, 0.4) is 0 Å². The van der Waals surface area contributed by atoms with Gasteiger partial charge in [0.2, 0.25) is 0 Å². The van der Waals surface area contributed by atoms with Gasteiger partial charge in [0.1, 0.15) is 17.2 Å². The zero-order valence-corrected chi connectivity index (χ0v) is 14.0. The quantitative estimate of drug-likeness (QED) is 0.719. The van der Waals surface area contributed by atoms with Crippen LogP contribution in [0.4, 0.5) is 0 Å². The number of hydrogen-bond acceptors (Lipinski definition) is 5. The number of rotatable bonds is 9. The van der Waals surface area contributed by atoms with Crippen LogP contribution in [0.5, 0.6) is 11.5 Å². The molecule has 6 heteroatoms. The number of aromatic nitrogens is 3. The minimum Gasteiger partial charge on any atom is -0.497 e. The van der Waals surface area contributed by atoms with Crippen molar-refractivity contribution in [2.24, 2.45) is 5.92 Å². The van der Waals surface area contributed by atoms with Gasteiger partial charge < -0.3 is 14.6 Å². The Balaban J connectivity index is 1.84. The fraction of sp³-hybridized carbons (Fsp3) is 0.529. The van der Waals surface area contributed by atoms with Gasteiger partial charge in [-0.2, -0.15) is 0 Å². The van der Waals surface area contributed by atoms with E-state index in [0.717, 1.165) is 36.6 Å². The average molecular weight is 319 g/mol. The molecule has 0 spiro atoms. The molecule has 0 saturated heterocycles. The first-order valence-corrected chi connectivity index (χ1v) is 7.93. The molecule has 0 aliphatic rings. The Morgan fingerprint density at radius 1 is 1.17 bits per heavy atom. The summed E-state index contributed by atoms with van der Waals surface area (Å²) in [5.41, 5.74) is 1.70. The second kappa shape index (κ2) is 8.53. The van der Waals surface area contributed by atoms with Crippen LogP contribution in [-0.4, -0.2) is 33.8 Å². The van der Waals surface area contributed by atoms with Crippen molar-refractivity contribution < 1.29 is 14.6 Å². The predicted octanol–water partition coefficient (Wildman–Crippen LogP) is 2.45. The Morgan fingerprint density at radius 2 is 1.87 bits per heavy atom. The van der Waals surface area contributed by atoms with Crippen molar-refractivity contribution in [3.8, 4) is 11.5 Å². The maximum Gasteiger partial charge on any atom is 0.119 e. The standard InChI is InChI=1S/C17H25N3O3/c1-13(2)11-17-16(12-21)18-19-20(17)9-4-10-23-15-7-5-14(22-3)6-8-15/h5-8,13,21H,4,9-12H2,1-3H3. The van der Waals surface area contributed by atoms with Crippen molar-refractivity contribution >= 4 is 0 Å². The third-order valence-electron chi connectivity index (χ3n) is 3.51. The highest BCUT2D eigenvalue weighted by molar-refractivity contribution is 5.31. The van der Waals surface area contributed by atoms with Crippen LogP contribution in [0, 0.1) is 5.92 Å². The molecule has 0 bridgehead atoms. The van der Waals surface area contributed by atoms with E-state index in [4.69, 9.17) is 9.47 Å². The first kappa shape index (κ1) is 17.3.